The van der Waals surface area contributed by atoms with Crippen LogP contribution in [0.4, 0.5) is 5.69 Å². The first-order valence-electron chi connectivity index (χ1n) is 7.98. The van der Waals surface area contributed by atoms with Crippen molar-refractivity contribution >= 4 is 25.7 Å². The first-order valence-corrected chi connectivity index (χ1v) is 10.9. The minimum Gasteiger partial charge on any atom is -0.269 e. The van der Waals surface area contributed by atoms with Crippen LogP contribution in [-0.2, 0) is 20.0 Å². The Morgan fingerprint density at radius 3 is 1.88 bits per heavy atom. The summed E-state index contributed by atoms with van der Waals surface area (Å²) >= 11 is 0. The third-order valence-corrected chi connectivity index (χ3v) is 8.02. The maximum atomic E-state index is 12.7. The van der Waals surface area contributed by atoms with Crippen molar-refractivity contribution < 1.29 is 16.8 Å². The number of hydrogen-bond donors (Lipinski definition) is 0. The number of sulfonamides is 2. The summed E-state index contributed by atoms with van der Waals surface area (Å²) in [5.74, 6) is 0. The summed E-state index contributed by atoms with van der Waals surface area (Å²) in [7, 11) is -5.83. The van der Waals surface area contributed by atoms with Crippen LogP contribution in [-0.4, -0.2) is 41.3 Å². The van der Waals surface area contributed by atoms with Crippen LogP contribution < -0.4 is 4.31 Å². The molecule has 0 radical (unpaired) electrons. The third kappa shape index (κ3) is 3.42. The van der Waals surface area contributed by atoms with Gasteiger partial charge in [0, 0.05) is 20.1 Å². The van der Waals surface area contributed by atoms with E-state index in [0.29, 0.717) is 18.8 Å². The van der Waals surface area contributed by atoms with Crippen LogP contribution in [0, 0.1) is 0 Å². The van der Waals surface area contributed by atoms with Crippen molar-refractivity contribution in [1.29, 1.82) is 0 Å². The quantitative estimate of drug-likeness (QED) is 0.798. The fourth-order valence-corrected chi connectivity index (χ4v) is 5.51. The van der Waals surface area contributed by atoms with E-state index in [1.54, 1.807) is 24.3 Å². The predicted molar refractivity (Wildman–Crippen MR) is 96.5 cm³/mol. The van der Waals surface area contributed by atoms with Gasteiger partial charge in [0.25, 0.3) is 10.0 Å². The average molecular weight is 380 g/mol. The first-order chi connectivity index (χ1) is 11.8. The van der Waals surface area contributed by atoms with E-state index >= 15 is 0 Å². The molecule has 2 aromatic rings. The molecule has 1 heterocycles. The van der Waals surface area contributed by atoms with Gasteiger partial charge in [0.05, 0.1) is 15.5 Å². The molecule has 1 aliphatic heterocycles. The largest absolute Gasteiger partial charge is 0.269 e. The third-order valence-electron chi connectivity index (χ3n) is 4.30. The van der Waals surface area contributed by atoms with Crippen molar-refractivity contribution in [2.45, 2.75) is 22.6 Å². The zero-order valence-electron chi connectivity index (χ0n) is 13.9. The van der Waals surface area contributed by atoms with Crippen LogP contribution in [0.1, 0.15) is 12.8 Å². The Hall–Kier alpha value is -1.90. The molecule has 3 rings (SSSR count). The Bertz CT molecular complexity index is 934. The van der Waals surface area contributed by atoms with Crippen molar-refractivity contribution in [2.24, 2.45) is 0 Å². The van der Waals surface area contributed by atoms with Gasteiger partial charge < -0.3 is 0 Å². The van der Waals surface area contributed by atoms with E-state index in [1.165, 1.54) is 39.9 Å². The van der Waals surface area contributed by atoms with E-state index < -0.39 is 20.0 Å². The maximum absolute atomic E-state index is 12.7. The number of anilines is 1. The molecule has 0 unspecified atom stereocenters. The lowest BCUT2D eigenvalue weighted by atomic mass is 10.3. The molecule has 0 aromatic heterocycles. The van der Waals surface area contributed by atoms with E-state index in [9.17, 15) is 16.8 Å². The highest BCUT2D eigenvalue weighted by atomic mass is 32.2. The summed E-state index contributed by atoms with van der Waals surface area (Å²) in [6.45, 7) is 1.03. The van der Waals surface area contributed by atoms with Crippen molar-refractivity contribution in [2.75, 3.05) is 24.4 Å². The molecule has 0 atom stereocenters. The predicted octanol–water partition coefficient (Wildman–Crippen LogP) is 2.30. The second kappa shape index (κ2) is 6.78. The number of rotatable bonds is 5. The second-order valence-electron chi connectivity index (χ2n) is 5.89. The van der Waals surface area contributed by atoms with Crippen molar-refractivity contribution in [3.8, 4) is 0 Å². The molecule has 1 saturated heterocycles. The van der Waals surface area contributed by atoms with Crippen LogP contribution >= 0.6 is 0 Å². The highest BCUT2D eigenvalue weighted by Gasteiger charge is 2.28. The van der Waals surface area contributed by atoms with Gasteiger partial charge >= 0.3 is 0 Å². The molecular weight excluding hydrogens is 360 g/mol. The Labute approximate surface area is 148 Å². The van der Waals surface area contributed by atoms with Gasteiger partial charge in [-0.15, -0.1) is 0 Å². The molecule has 0 saturated carbocycles. The van der Waals surface area contributed by atoms with Crippen molar-refractivity contribution in [1.82, 2.24) is 4.31 Å². The minimum atomic E-state index is -3.75. The molecule has 6 nitrogen and oxygen atoms in total. The van der Waals surface area contributed by atoms with Gasteiger partial charge in [-0.3, -0.25) is 4.31 Å². The molecule has 0 spiro atoms. The molecule has 2 aromatic carbocycles. The van der Waals surface area contributed by atoms with Crippen molar-refractivity contribution in [3.63, 3.8) is 0 Å². The normalized spacial score (nSPS) is 16.0. The molecule has 1 aliphatic rings. The van der Waals surface area contributed by atoms with E-state index in [-0.39, 0.29) is 9.79 Å². The monoisotopic (exact) mass is 380 g/mol. The Kier molecular flexibility index (Phi) is 4.86. The van der Waals surface area contributed by atoms with Crippen LogP contribution in [0.5, 0.6) is 0 Å². The fraction of sp³-hybridized carbons (Fsp3) is 0.294. The summed E-state index contributed by atoms with van der Waals surface area (Å²) in [5, 5.41) is 0. The maximum Gasteiger partial charge on any atom is 0.264 e. The number of hydrogen-bond acceptors (Lipinski definition) is 4. The number of nitrogens with zero attached hydrogens (tertiary/aromatic N) is 2. The van der Waals surface area contributed by atoms with Gasteiger partial charge in [0.1, 0.15) is 0 Å². The van der Waals surface area contributed by atoms with Gasteiger partial charge in [0.15, 0.2) is 0 Å². The molecule has 0 aliphatic carbocycles. The zero-order chi connectivity index (χ0) is 18.1. The highest BCUT2D eigenvalue weighted by Crippen LogP contribution is 2.25. The van der Waals surface area contributed by atoms with Crippen LogP contribution in [0.3, 0.4) is 0 Å². The van der Waals surface area contributed by atoms with Gasteiger partial charge in [-0.2, -0.15) is 4.31 Å². The fourth-order valence-electron chi connectivity index (χ4n) is 2.80. The summed E-state index contributed by atoms with van der Waals surface area (Å²) in [4.78, 5) is 0.176. The molecular formula is C17H20N2O4S2. The number of benzene rings is 2. The molecule has 134 valence electrons. The molecule has 8 heteroatoms. The minimum absolute atomic E-state index is 0.0548. The summed E-state index contributed by atoms with van der Waals surface area (Å²) in [5.41, 5.74) is 0.538. The Morgan fingerprint density at radius 1 is 0.800 bits per heavy atom. The molecule has 1 fully saturated rings. The number of para-hydroxylation sites is 1. The lowest BCUT2D eigenvalue weighted by Crippen LogP contribution is -2.28. The Morgan fingerprint density at radius 2 is 1.32 bits per heavy atom. The smallest absolute Gasteiger partial charge is 0.264 e. The van der Waals surface area contributed by atoms with Crippen LogP contribution in [0.25, 0.3) is 0 Å². The molecule has 25 heavy (non-hydrogen) atoms. The van der Waals surface area contributed by atoms with E-state index in [0.717, 1.165) is 12.8 Å². The van der Waals surface area contributed by atoms with Crippen LogP contribution in [0.15, 0.2) is 64.4 Å². The SMILES string of the molecule is CN(c1ccccc1)S(=O)(=O)c1ccc(S(=O)(=O)N2CCCC2)cc1. The lowest BCUT2D eigenvalue weighted by molar-refractivity contribution is 0.477. The summed E-state index contributed by atoms with van der Waals surface area (Å²) in [6, 6.07) is 14.1. The van der Waals surface area contributed by atoms with Gasteiger partial charge in [-0.1, -0.05) is 18.2 Å². The van der Waals surface area contributed by atoms with Gasteiger partial charge in [-0.25, -0.2) is 16.8 Å². The van der Waals surface area contributed by atoms with E-state index in [1.807, 2.05) is 6.07 Å². The summed E-state index contributed by atoms with van der Waals surface area (Å²) in [6.07, 6.45) is 1.71. The Balaban J connectivity index is 1.89. The topological polar surface area (TPSA) is 74.8 Å². The molecule has 0 N–H and O–H groups in total. The van der Waals surface area contributed by atoms with Gasteiger partial charge in [-0.05, 0) is 49.2 Å². The second-order valence-corrected chi connectivity index (χ2v) is 9.80. The molecule has 0 bridgehead atoms. The van der Waals surface area contributed by atoms with Crippen molar-refractivity contribution in [3.05, 3.63) is 54.6 Å². The lowest BCUT2D eigenvalue weighted by Gasteiger charge is -2.20. The van der Waals surface area contributed by atoms with E-state index in [2.05, 4.69) is 0 Å². The van der Waals surface area contributed by atoms with Crippen LogP contribution in [0.2, 0.25) is 0 Å². The average Bonchev–Trinajstić information content (AvgIpc) is 3.17. The van der Waals surface area contributed by atoms with E-state index in [4.69, 9.17) is 0 Å². The highest BCUT2D eigenvalue weighted by molar-refractivity contribution is 7.92. The first kappa shape index (κ1) is 17.9. The standard InChI is InChI=1S/C17H20N2O4S2/c1-18(15-7-3-2-4-8-15)24(20,21)16-9-11-17(12-10-16)25(22,23)19-13-5-6-14-19/h2-4,7-12H,5-6,13-14H2,1H3. The zero-order valence-corrected chi connectivity index (χ0v) is 15.5. The molecule has 0 amide bonds. The summed E-state index contributed by atoms with van der Waals surface area (Å²) < 4.78 is 53.1. The van der Waals surface area contributed by atoms with Gasteiger partial charge in [0.2, 0.25) is 10.0 Å².